The summed E-state index contributed by atoms with van der Waals surface area (Å²) >= 11 is 11.9. The van der Waals surface area contributed by atoms with E-state index < -0.39 is 12.1 Å². The van der Waals surface area contributed by atoms with E-state index in [9.17, 15) is 9.59 Å². The zero-order chi connectivity index (χ0) is 17.3. The van der Waals surface area contributed by atoms with Crippen molar-refractivity contribution < 1.29 is 23.8 Å². The Morgan fingerprint density at radius 2 is 2.00 bits per heavy atom. The van der Waals surface area contributed by atoms with Crippen molar-refractivity contribution in [3.63, 3.8) is 0 Å². The Hall–Kier alpha value is -2.24. The fraction of sp³-hybridized carbons (Fsp3) is 0.176. The minimum absolute atomic E-state index is 0.0221. The van der Waals surface area contributed by atoms with Crippen LogP contribution in [0.1, 0.15) is 17.3 Å². The molecule has 0 saturated carbocycles. The van der Waals surface area contributed by atoms with Gasteiger partial charge in [0.1, 0.15) is 23.9 Å². The molecule has 7 heteroatoms. The highest BCUT2D eigenvalue weighted by atomic mass is 35.5. The number of fused-ring (bicyclic) bond motifs is 1. The van der Waals surface area contributed by atoms with E-state index >= 15 is 0 Å². The maximum atomic E-state index is 12.6. The number of ketones is 1. The molecule has 0 radical (unpaired) electrons. The van der Waals surface area contributed by atoms with E-state index in [4.69, 9.17) is 37.4 Å². The van der Waals surface area contributed by atoms with Gasteiger partial charge in [-0.1, -0.05) is 23.2 Å². The number of hydrogen-bond acceptors (Lipinski definition) is 5. The molecular formula is C17H12Cl2O5. The zero-order valence-corrected chi connectivity index (χ0v) is 14.1. The van der Waals surface area contributed by atoms with Crippen molar-refractivity contribution in [3.05, 3.63) is 52.0 Å². The molecule has 1 aliphatic rings. The lowest BCUT2D eigenvalue weighted by Crippen LogP contribution is -2.37. The second-order valence-electron chi connectivity index (χ2n) is 5.11. The first kappa shape index (κ1) is 16.6. The maximum absolute atomic E-state index is 12.6. The molecule has 3 rings (SSSR count). The van der Waals surface area contributed by atoms with Gasteiger partial charge in [-0.25, -0.2) is 0 Å². The summed E-state index contributed by atoms with van der Waals surface area (Å²) < 4.78 is 16.2. The minimum atomic E-state index is -0.823. The Labute approximate surface area is 148 Å². The smallest absolute Gasteiger partial charge is 0.308 e. The average Bonchev–Trinajstić information content (AvgIpc) is 2.52. The third kappa shape index (κ3) is 3.47. The van der Waals surface area contributed by atoms with Gasteiger partial charge in [-0.05, 0) is 30.3 Å². The molecule has 0 amide bonds. The predicted molar refractivity (Wildman–Crippen MR) is 88.5 cm³/mol. The van der Waals surface area contributed by atoms with Crippen molar-refractivity contribution in [3.8, 4) is 17.2 Å². The Kier molecular flexibility index (Phi) is 4.64. The van der Waals surface area contributed by atoms with E-state index in [0.717, 1.165) is 0 Å². The zero-order valence-electron chi connectivity index (χ0n) is 12.5. The summed E-state index contributed by atoms with van der Waals surface area (Å²) in [5.74, 6) is 0.324. The van der Waals surface area contributed by atoms with E-state index in [-0.39, 0.29) is 12.4 Å². The first-order chi connectivity index (χ1) is 11.4. The van der Waals surface area contributed by atoms with E-state index in [2.05, 4.69) is 0 Å². The van der Waals surface area contributed by atoms with Crippen molar-refractivity contribution in [1.29, 1.82) is 0 Å². The van der Waals surface area contributed by atoms with Crippen LogP contribution in [-0.4, -0.2) is 24.5 Å². The normalized spacial score (nSPS) is 16.1. The van der Waals surface area contributed by atoms with Crippen LogP contribution in [0.5, 0.6) is 17.2 Å². The summed E-state index contributed by atoms with van der Waals surface area (Å²) in [5, 5.41) is 0.785. The number of halogens is 2. The van der Waals surface area contributed by atoms with Crippen molar-refractivity contribution >= 4 is 35.0 Å². The largest absolute Gasteiger partial charge is 0.488 e. The van der Waals surface area contributed by atoms with Gasteiger partial charge in [-0.2, -0.15) is 0 Å². The van der Waals surface area contributed by atoms with Gasteiger partial charge in [-0.15, -0.1) is 0 Å². The molecule has 0 fully saturated rings. The van der Waals surface area contributed by atoms with E-state index in [0.29, 0.717) is 32.9 Å². The summed E-state index contributed by atoms with van der Waals surface area (Å²) in [6, 6.07) is 9.31. The molecule has 5 nitrogen and oxygen atoms in total. The first-order valence-corrected chi connectivity index (χ1v) is 7.81. The summed E-state index contributed by atoms with van der Waals surface area (Å²) in [4.78, 5) is 23.5. The van der Waals surface area contributed by atoms with Gasteiger partial charge >= 0.3 is 5.97 Å². The Morgan fingerprint density at radius 3 is 2.71 bits per heavy atom. The number of hydrogen-bond donors (Lipinski definition) is 0. The highest BCUT2D eigenvalue weighted by Gasteiger charge is 2.31. The maximum Gasteiger partial charge on any atom is 0.308 e. The third-order valence-electron chi connectivity index (χ3n) is 3.33. The molecule has 1 aliphatic heterocycles. The van der Waals surface area contributed by atoms with Crippen molar-refractivity contribution in [2.45, 2.75) is 13.0 Å². The molecule has 124 valence electrons. The van der Waals surface area contributed by atoms with E-state index in [1.165, 1.54) is 31.2 Å². The minimum Gasteiger partial charge on any atom is -0.488 e. The van der Waals surface area contributed by atoms with Crippen LogP contribution in [-0.2, 0) is 4.79 Å². The van der Waals surface area contributed by atoms with E-state index in [1.807, 2.05) is 0 Å². The number of rotatable bonds is 3. The van der Waals surface area contributed by atoms with Gasteiger partial charge in [0.05, 0.1) is 10.6 Å². The van der Waals surface area contributed by atoms with Gasteiger partial charge in [-0.3, -0.25) is 9.59 Å². The average molecular weight is 367 g/mol. The third-order valence-corrected chi connectivity index (χ3v) is 3.86. The molecule has 2 aromatic rings. The van der Waals surface area contributed by atoms with Crippen LogP contribution in [0.2, 0.25) is 10.0 Å². The second-order valence-corrected chi connectivity index (χ2v) is 5.95. The molecule has 1 atom stereocenters. The van der Waals surface area contributed by atoms with Crippen molar-refractivity contribution in [2.24, 2.45) is 0 Å². The molecule has 0 saturated heterocycles. The molecule has 0 aromatic heterocycles. The highest BCUT2D eigenvalue weighted by molar-refractivity contribution is 6.35. The van der Waals surface area contributed by atoms with Crippen LogP contribution in [0.25, 0.3) is 0 Å². The number of carbonyl (C=O) groups is 2. The molecule has 0 N–H and O–H groups in total. The lowest BCUT2D eigenvalue weighted by Gasteiger charge is -2.25. The molecule has 24 heavy (non-hydrogen) atoms. The topological polar surface area (TPSA) is 61.8 Å². The van der Waals surface area contributed by atoms with Crippen molar-refractivity contribution in [1.82, 2.24) is 0 Å². The SMILES string of the molecule is CC(=O)Oc1ccc2c(c1)OCC(Oc1ccc(Cl)cc1Cl)C2=O. The van der Waals surface area contributed by atoms with Gasteiger partial charge in [0, 0.05) is 18.0 Å². The van der Waals surface area contributed by atoms with Gasteiger partial charge < -0.3 is 14.2 Å². The number of carbonyl (C=O) groups excluding carboxylic acids is 2. The summed E-state index contributed by atoms with van der Waals surface area (Å²) in [7, 11) is 0. The van der Waals surface area contributed by atoms with Crippen LogP contribution < -0.4 is 14.2 Å². The second kappa shape index (κ2) is 6.71. The highest BCUT2D eigenvalue weighted by Crippen LogP contribution is 2.33. The fourth-order valence-electron chi connectivity index (χ4n) is 2.28. The Morgan fingerprint density at radius 1 is 1.21 bits per heavy atom. The monoisotopic (exact) mass is 366 g/mol. The lowest BCUT2D eigenvalue weighted by atomic mass is 10.0. The standard InChI is InChI=1S/C17H12Cl2O5/c1-9(20)23-11-3-4-12-15(7-11)22-8-16(17(12)21)24-14-5-2-10(18)6-13(14)19/h2-7,16H,8H2,1H3. The Bertz CT molecular complexity index is 819. The quantitative estimate of drug-likeness (QED) is 0.608. The van der Waals surface area contributed by atoms with Crippen LogP contribution >= 0.6 is 23.2 Å². The van der Waals surface area contributed by atoms with Crippen LogP contribution in [0.4, 0.5) is 0 Å². The molecule has 0 spiro atoms. The molecule has 0 bridgehead atoms. The lowest BCUT2D eigenvalue weighted by molar-refractivity contribution is -0.131. The molecule has 1 heterocycles. The molecule has 0 aliphatic carbocycles. The summed E-state index contributed by atoms with van der Waals surface area (Å²) in [6.45, 7) is 1.32. The summed E-state index contributed by atoms with van der Waals surface area (Å²) in [5.41, 5.74) is 0.354. The van der Waals surface area contributed by atoms with Crippen LogP contribution in [0, 0.1) is 0 Å². The number of esters is 1. The van der Waals surface area contributed by atoms with Gasteiger partial charge in [0.15, 0.2) is 6.10 Å². The van der Waals surface area contributed by atoms with Gasteiger partial charge in [0.2, 0.25) is 5.78 Å². The van der Waals surface area contributed by atoms with Crippen molar-refractivity contribution in [2.75, 3.05) is 6.61 Å². The number of benzene rings is 2. The molecule has 1 unspecified atom stereocenters. The molecule has 2 aromatic carbocycles. The molecular weight excluding hydrogens is 355 g/mol. The first-order valence-electron chi connectivity index (χ1n) is 7.05. The van der Waals surface area contributed by atoms with E-state index in [1.54, 1.807) is 12.1 Å². The fourth-order valence-corrected chi connectivity index (χ4v) is 2.73. The summed E-state index contributed by atoms with van der Waals surface area (Å²) in [6.07, 6.45) is -0.823. The number of ether oxygens (including phenoxy) is 3. The predicted octanol–water partition coefficient (Wildman–Crippen LogP) is 3.94. The van der Waals surface area contributed by atoms with Gasteiger partial charge in [0.25, 0.3) is 0 Å². The Balaban J connectivity index is 1.80. The number of Topliss-reactive ketones (excluding diaryl/α,β-unsaturated/α-hetero) is 1. The van der Waals surface area contributed by atoms with Crippen LogP contribution in [0.3, 0.4) is 0 Å². The van der Waals surface area contributed by atoms with Crippen LogP contribution in [0.15, 0.2) is 36.4 Å².